The number of aromatic nitrogens is 4. The molecule has 3 rings (SSSR count). The quantitative estimate of drug-likeness (QED) is 0.906. The minimum atomic E-state index is -0.493. The van der Waals surface area contributed by atoms with Crippen molar-refractivity contribution in [1.29, 1.82) is 0 Å². The maximum Gasteiger partial charge on any atom is 0.230 e. The maximum atomic E-state index is 10.5. The number of imidazole rings is 1. The summed E-state index contributed by atoms with van der Waals surface area (Å²) in [7, 11) is 1.92. The van der Waals surface area contributed by atoms with Gasteiger partial charge >= 0.3 is 0 Å². The van der Waals surface area contributed by atoms with Crippen LogP contribution >= 0.6 is 0 Å². The zero-order chi connectivity index (χ0) is 16.4. The standard InChI is InChI=1S/C16H25N5O2/c1-11(2)16-19-18-13(23-16)10-21-7-4-12(5-8-21)14(22)15-17-6-9-20(15)3/h6,9,11-12,14,22H,4-5,7-8,10H2,1-3H3. The lowest BCUT2D eigenvalue weighted by molar-refractivity contribution is 0.0470. The van der Waals surface area contributed by atoms with Gasteiger partial charge in [-0.05, 0) is 31.8 Å². The first kappa shape index (κ1) is 16.1. The molecular formula is C16H25N5O2. The fourth-order valence-electron chi connectivity index (χ4n) is 3.05. The number of nitrogens with zero attached hydrogens (tertiary/aromatic N) is 5. The second-order valence-electron chi connectivity index (χ2n) is 6.64. The van der Waals surface area contributed by atoms with Crippen molar-refractivity contribution in [3.63, 3.8) is 0 Å². The molecule has 0 aliphatic carbocycles. The fourth-order valence-corrected chi connectivity index (χ4v) is 3.05. The van der Waals surface area contributed by atoms with E-state index in [0.29, 0.717) is 18.3 Å². The highest BCUT2D eigenvalue weighted by Crippen LogP contribution is 2.30. The summed E-state index contributed by atoms with van der Waals surface area (Å²) in [5, 5.41) is 18.7. The van der Waals surface area contributed by atoms with Crippen molar-refractivity contribution in [2.24, 2.45) is 13.0 Å². The molecule has 0 saturated carbocycles. The molecule has 1 saturated heterocycles. The minimum Gasteiger partial charge on any atom is -0.424 e. The molecule has 0 aromatic carbocycles. The summed E-state index contributed by atoms with van der Waals surface area (Å²) >= 11 is 0. The maximum absolute atomic E-state index is 10.5. The van der Waals surface area contributed by atoms with Crippen LogP contribution in [0, 0.1) is 5.92 Å². The Morgan fingerprint density at radius 3 is 2.61 bits per heavy atom. The van der Waals surface area contributed by atoms with E-state index in [0.717, 1.165) is 31.8 Å². The number of aliphatic hydroxyl groups is 1. The smallest absolute Gasteiger partial charge is 0.230 e. The van der Waals surface area contributed by atoms with E-state index in [9.17, 15) is 5.11 Å². The van der Waals surface area contributed by atoms with Crippen LogP contribution in [0.1, 0.15) is 56.3 Å². The van der Waals surface area contributed by atoms with Gasteiger partial charge in [0, 0.05) is 25.4 Å². The van der Waals surface area contributed by atoms with E-state index >= 15 is 0 Å². The summed E-state index contributed by atoms with van der Waals surface area (Å²) in [6.07, 6.45) is 5.00. The number of aryl methyl sites for hydroxylation is 1. The molecule has 1 atom stereocenters. The molecule has 1 unspecified atom stereocenters. The van der Waals surface area contributed by atoms with E-state index in [1.54, 1.807) is 6.20 Å². The highest BCUT2D eigenvalue weighted by atomic mass is 16.4. The Hall–Kier alpha value is -1.73. The molecule has 0 spiro atoms. The van der Waals surface area contributed by atoms with Gasteiger partial charge in [-0.3, -0.25) is 4.90 Å². The minimum absolute atomic E-state index is 0.251. The van der Waals surface area contributed by atoms with Crippen molar-refractivity contribution in [2.45, 2.75) is 45.3 Å². The van der Waals surface area contributed by atoms with E-state index in [-0.39, 0.29) is 11.8 Å². The highest BCUT2D eigenvalue weighted by molar-refractivity contribution is 4.98. The molecule has 1 aliphatic heterocycles. The van der Waals surface area contributed by atoms with E-state index in [4.69, 9.17) is 4.42 Å². The third-order valence-electron chi connectivity index (χ3n) is 4.54. The van der Waals surface area contributed by atoms with Gasteiger partial charge in [0.15, 0.2) is 0 Å². The number of rotatable bonds is 5. The Morgan fingerprint density at radius 1 is 1.30 bits per heavy atom. The summed E-state index contributed by atoms with van der Waals surface area (Å²) < 4.78 is 7.56. The molecule has 7 nitrogen and oxygen atoms in total. The third kappa shape index (κ3) is 3.61. The van der Waals surface area contributed by atoms with Crippen LogP contribution in [0.25, 0.3) is 0 Å². The van der Waals surface area contributed by atoms with Gasteiger partial charge in [0.1, 0.15) is 11.9 Å². The number of hydrogen-bond acceptors (Lipinski definition) is 6. The lowest BCUT2D eigenvalue weighted by Gasteiger charge is -2.33. The zero-order valence-electron chi connectivity index (χ0n) is 14.0. The molecule has 126 valence electrons. The van der Waals surface area contributed by atoms with Gasteiger partial charge in [-0.2, -0.15) is 0 Å². The van der Waals surface area contributed by atoms with Crippen LogP contribution in [0.2, 0.25) is 0 Å². The lowest BCUT2D eigenvalue weighted by atomic mass is 9.91. The Labute approximate surface area is 136 Å². The zero-order valence-corrected chi connectivity index (χ0v) is 14.0. The molecule has 1 N–H and O–H groups in total. The molecule has 0 bridgehead atoms. The van der Waals surface area contributed by atoms with Crippen LogP contribution < -0.4 is 0 Å². The summed E-state index contributed by atoms with van der Waals surface area (Å²) in [6.45, 7) is 6.62. The monoisotopic (exact) mass is 319 g/mol. The Morgan fingerprint density at radius 2 is 2.04 bits per heavy atom. The lowest BCUT2D eigenvalue weighted by Crippen LogP contribution is -2.35. The second kappa shape index (κ2) is 6.80. The van der Waals surface area contributed by atoms with Crippen LogP contribution in [-0.4, -0.2) is 42.8 Å². The SMILES string of the molecule is CC(C)c1nnc(CN2CCC(C(O)c3nccn3C)CC2)o1. The number of piperidine rings is 1. The molecule has 2 aromatic rings. The number of hydrogen-bond donors (Lipinski definition) is 1. The van der Waals surface area contributed by atoms with Gasteiger partial charge in [0.2, 0.25) is 11.8 Å². The van der Waals surface area contributed by atoms with Crippen molar-refractivity contribution < 1.29 is 9.52 Å². The third-order valence-corrected chi connectivity index (χ3v) is 4.54. The van der Waals surface area contributed by atoms with Gasteiger partial charge in [0.05, 0.1) is 6.54 Å². The molecular weight excluding hydrogens is 294 g/mol. The van der Waals surface area contributed by atoms with Gasteiger partial charge in [-0.1, -0.05) is 13.8 Å². The predicted molar refractivity (Wildman–Crippen MR) is 84.6 cm³/mol. The normalized spacial score (nSPS) is 18.7. The van der Waals surface area contributed by atoms with Crippen LogP contribution in [0.15, 0.2) is 16.8 Å². The van der Waals surface area contributed by atoms with Gasteiger partial charge in [-0.25, -0.2) is 4.98 Å². The summed E-state index contributed by atoms with van der Waals surface area (Å²) in [4.78, 5) is 6.57. The molecule has 23 heavy (non-hydrogen) atoms. The second-order valence-corrected chi connectivity index (χ2v) is 6.64. The fraction of sp³-hybridized carbons (Fsp3) is 0.688. The van der Waals surface area contributed by atoms with Crippen LogP contribution in [0.5, 0.6) is 0 Å². The van der Waals surface area contributed by atoms with Crippen molar-refractivity contribution in [2.75, 3.05) is 13.1 Å². The van der Waals surface area contributed by atoms with Crippen LogP contribution in [-0.2, 0) is 13.6 Å². The Bertz CT molecular complexity index is 628. The van der Waals surface area contributed by atoms with Crippen molar-refractivity contribution in [3.05, 3.63) is 30.0 Å². The van der Waals surface area contributed by atoms with E-state index in [1.165, 1.54) is 0 Å². The molecule has 1 aliphatic rings. The van der Waals surface area contributed by atoms with E-state index in [1.807, 2.05) is 31.7 Å². The average Bonchev–Trinajstić information content (AvgIpc) is 3.16. The van der Waals surface area contributed by atoms with Crippen molar-refractivity contribution in [3.8, 4) is 0 Å². The van der Waals surface area contributed by atoms with E-state index < -0.39 is 6.10 Å². The molecule has 3 heterocycles. The topological polar surface area (TPSA) is 80.2 Å². The largest absolute Gasteiger partial charge is 0.424 e. The summed E-state index contributed by atoms with van der Waals surface area (Å²) in [5.41, 5.74) is 0. The first-order valence-electron chi connectivity index (χ1n) is 8.24. The van der Waals surface area contributed by atoms with Gasteiger partial charge in [-0.15, -0.1) is 10.2 Å². The van der Waals surface area contributed by atoms with Gasteiger partial charge in [0.25, 0.3) is 0 Å². The summed E-state index contributed by atoms with van der Waals surface area (Å²) in [6, 6.07) is 0. The average molecular weight is 319 g/mol. The number of likely N-dealkylation sites (tertiary alicyclic amines) is 1. The molecule has 2 aromatic heterocycles. The molecule has 0 amide bonds. The van der Waals surface area contributed by atoms with Crippen LogP contribution in [0.4, 0.5) is 0 Å². The highest BCUT2D eigenvalue weighted by Gasteiger charge is 2.29. The first-order chi connectivity index (χ1) is 11.0. The molecule has 7 heteroatoms. The van der Waals surface area contributed by atoms with E-state index in [2.05, 4.69) is 20.1 Å². The molecule has 1 fully saturated rings. The summed E-state index contributed by atoms with van der Waals surface area (Å²) in [5.74, 6) is 2.63. The number of aliphatic hydroxyl groups excluding tert-OH is 1. The van der Waals surface area contributed by atoms with Crippen LogP contribution in [0.3, 0.4) is 0 Å². The van der Waals surface area contributed by atoms with Crippen molar-refractivity contribution >= 4 is 0 Å². The van der Waals surface area contributed by atoms with Gasteiger partial charge < -0.3 is 14.1 Å². The first-order valence-corrected chi connectivity index (χ1v) is 8.24. The predicted octanol–water partition coefficient (Wildman–Crippen LogP) is 1.87. The Kier molecular flexibility index (Phi) is 4.77. The Balaban J connectivity index is 1.53. The van der Waals surface area contributed by atoms with Crippen molar-refractivity contribution in [1.82, 2.24) is 24.6 Å². The molecule has 0 radical (unpaired) electrons.